The summed E-state index contributed by atoms with van der Waals surface area (Å²) in [5.74, 6) is -1.21. The van der Waals surface area contributed by atoms with E-state index in [1.807, 2.05) is 20.8 Å². The molecule has 2 aromatic carbocycles. The van der Waals surface area contributed by atoms with Gasteiger partial charge in [-0.3, -0.25) is 28.7 Å². The maximum atomic E-state index is 13.3. The summed E-state index contributed by atoms with van der Waals surface area (Å²) in [6.07, 6.45) is -2.59. The lowest BCUT2D eigenvalue weighted by Gasteiger charge is -2.35. The Morgan fingerprint density at radius 1 is 0.763 bits per heavy atom. The maximum Gasteiger partial charge on any atom is 0.607 e. The Balaban J connectivity index is 1.28. The summed E-state index contributed by atoms with van der Waals surface area (Å²) in [4.78, 5) is 81.1. The molecule has 0 saturated carbocycles. The number of hydroxylamine groups is 3. The van der Waals surface area contributed by atoms with Crippen LogP contribution in [-0.4, -0.2) is 93.0 Å². The molecule has 1 radical (unpaired) electrons. The molecule has 59 heavy (non-hydrogen) atoms. The van der Waals surface area contributed by atoms with Crippen LogP contribution in [0.15, 0.2) is 92.2 Å². The zero-order valence-electron chi connectivity index (χ0n) is 33.4. The van der Waals surface area contributed by atoms with Crippen molar-refractivity contribution >= 4 is 20.5 Å². The summed E-state index contributed by atoms with van der Waals surface area (Å²) in [6.45, 7) is 10.1. The van der Waals surface area contributed by atoms with Crippen molar-refractivity contribution in [3.63, 3.8) is 0 Å². The van der Waals surface area contributed by atoms with Crippen molar-refractivity contribution in [2.75, 3.05) is 32.8 Å². The van der Waals surface area contributed by atoms with E-state index < -0.39 is 79.9 Å². The summed E-state index contributed by atoms with van der Waals surface area (Å²) in [5, 5.41) is 0. The SMILES string of the molecule is CC[N+](CC)(CC)OP(OC[C@H]1O[C@@H](n2cc(C)c(=O)[nH]c2=O)C[C@@H]1OC(=O)c1ccccc1)O[C@H]1C[C@H](n2cc(C)c(=O)[nH]c2=O)O[C@@H]1COC(=[O+])c1ccccc1. The molecule has 2 fully saturated rings. The van der Waals surface area contributed by atoms with Gasteiger partial charge in [0.25, 0.3) is 11.1 Å². The van der Waals surface area contributed by atoms with E-state index in [1.54, 1.807) is 74.5 Å². The molecule has 315 valence electrons. The molecule has 2 aromatic heterocycles. The standard InChI is InChI=1S/C40H48N5O13P/c1-6-45(7-2,8-3)58-59(53-24-32-29(56-38(49)28-17-13-10-14-18-28)19-33(55-32)43-21-25(4)35(46)41-39(43)50)57-30-20-34(44-22-26(5)36(47)42-40(44)51)54-31(30)23-52-37(48)27-15-11-9-12-16-27/h9-18,21-22,29-34H,6-8,19-20,23-24H2,1-5H3,(H-,41,42,46,47,50,51)/q+1/p+1/t29-,30-,31+,32+,33+,34+,59?/m0/s1. The van der Waals surface area contributed by atoms with Gasteiger partial charge in [-0.1, -0.05) is 36.4 Å². The first-order valence-corrected chi connectivity index (χ1v) is 20.5. The first-order valence-electron chi connectivity index (χ1n) is 19.4. The zero-order valence-corrected chi connectivity index (χ0v) is 34.3. The van der Waals surface area contributed by atoms with Crippen LogP contribution in [0.3, 0.4) is 0 Å². The van der Waals surface area contributed by atoms with Gasteiger partial charge in [-0.2, -0.15) is 4.65 Å². The van der Waals surface area contributed by atoms with Gasteiger partial charge in [-0.15, -0.1) is 4.62 Å². The van der Waals surface area contributed by atoms with E-state index in [-0.39, 0.29) is 41.8 Å². The molecular formula is C40H49N5O13P+2. The first-order chi connectivity index (χ1) is 28.3. The van der Waals surface area contributed by atoms with Crippen LogP contribution in [0.5, 0.6) is 0 Å². The number of nitrogens with zero attached hydrogens (tertiary/aromatic N) is 3. The van der Waals surface area contributed by atoms with Crippen LogP contribution >= 0.6 is 8.60 Å². The fourth-order valence-corrected chi connectivity index (χ4v) is 8.26. The minimum Gasteiger partial charge on any atom is -0.456 e. The van der Waals surface area contributed by atoms with Crippen molar-refractivity contribution in [1.29, 1.82) is 0 Å². The van der Waals surface area contributed by atoms with Gasteiger partial charge in [-0.25, -0.2) is 14.4 Å². The molecule has 0 spiro atoms. The number of aromatic nitrogens is 4. The van der Waals surface area contributed by atoms with E-state index in [1.165, 1.54) is 21.5 Å². The number of nitrogens with one attached hydrogen (secondary N) is 2. The molecule has 2 aliphatic rings. The fraction of sp³-hybridized carbons (Fsp3) is 0.450. The number of carbonyl (C=O) groups excluding carboxylic acids is 2. The van der Waals surface area contributed by atoms with Gasteiger partial charge in [-0.05, 0) is 58.9 Å². The predicted octanol–water partition coefficient (Wildman–Crippen LogP) is 3.80. The fourth-order valence-electron chi connectivity index (χ4n) is 6.78. The van der Waals surface area contributed by atoms with E-state index in [2.05, 4.69) is 9.97 Å². The summed E-state index contributed by atoms with van der Waals surface area (Å²) in [7, 11) is -2.29. The molecule has 7 atom stereocenters. The van der Waals surface area contributed by atoms with E-state index in [0.717, 1.165) is 0 Å². The van der Waals surface area contributed by atoms with Crippen molar-refractivity contribution in [3.8, 4) is 0 Å². The second-order valence-electron chi connectivity index (χ2n) is 14.2. The quantitative estimate of drug-likeness (QED) is 0.0510. The number of aromatic amines is 2. The molecule has 0 aliphatic carbocycles. The number of H-pyrrole nitrogens is 2. The molecule has 6 rings (SSSR count). The van der Waals surface area contributed by atoms with E-state index in [4.69, 9.17) is 32.6 Å². The zero-order chi connectivity index (χ0) is 42.3. The lowest BCUT2D eigenvalue weighted by molar-refractivity contribution is -1.08. The summed E-state index contributed by atoms with van der Waals surface area (Å²) >= 11 is 0. The summed E-state index contributed by atoms with van der Waals surface area (Å²) in [6, 6.07) is 16.8. The Labute approximate surface area is 340 Å². The third-order valence-corrected chi connectivity index (χ3v) is 11.7. The Bertz CT molecular complexity index is 2300. The number of ether oxygens (including phenoxy) is 4. The second kappa shape index (κ2) is 19.3. The second-order valence-corrected chi connectivity index (χ2v) is 15.3. The van der Waals surface area contributed by atoms with Crippen LogP contribution in [0.25, 0.3) is 0 Å². The molecule has 18 nitrogen and oxygen atoms in total. The highest BCUT2D eigenvalue weighted by Gasteiger charge is 2.46. The third kappa shape index (κ3) is 10.4. The van der Waals surface area contributed by atoms with Crippen molar-refractivity contribution in [2.45, 2.75) is 84.3 Å². The molecule has 19 heteroatoms. The van der Waals surface area contributed by atoms with Crippen molar-refractivity contribution in [1.82, 2.24) is 19.1 Å². The summed E-state index contributed by atoms with van der Waals surface area (Å²) in [5.41, 5.74) is -1.26. The van der Waals surface area contributed by atoms with Crippen LogP contribution in [0.4, 0.5) is 0 Å². The predicted molar refractivity (Wildman–Crippen MR) is 212 cm³/mol. The number of hydrogen-bond donors (Lipinski definition) is 2. The Morgan fingerprint density at radius 3 is 1.78 bits per heavy atom. The Kier molecular flexibility index (Phi) is 14.3. The van der Waals surface area contributed by atoms with Crippen LogP contribution < -0.4 is 22.5 Å². The Hall–Kier alpha value is -5.07. The molecule has 2 aliphatic heterocycles. The highest BCUT2D eigenvalue weighted by atomic mass is 31.2. The van der Waals surface area contributed by atoms with Gasteiger partial charge in [0.15, 0.2) is 0 Å². The molecule has 4 heterocycles. The van der Waals surface area contributed by atoms with Crippen molar-refractivity contribution < 1.29 is 46.9 Å². The monoisotopic (exact) mass is 838 g/mol. The number of carbonyl (C=O) groups is 2. The molecule has 2 saturated heterocycles. The number of benzene rings is 2. The third-order valence-electron chi connectivity index (χ3n) is 10.5. The minimum absolute atomic E-state index is 0.0524. The molecular weight excluding hydrogens is 789 g/mol. The van der Waals surface area contributed by atoms with Crippen molar-refractivity contribution in [2.24, 2.45) is 0 Å². The van der Waals surface area contributed by atoms with Gasteiger partial charge in [0, 0.05) is 36.4 Å². The van der Waals surface area contributed by atoms with Gasteiger partial charge >= 0.3 is 31.9 Å². The lowest BCUT2D eigenvalue weighted by atomic mass is 10.1. The number of aryl methyl sites for hydroxylation is 2. The smallest absolute Gasteiger partial charge is 0.456 e. The number of esters is 2. The van der Waals surface area contributed by atoms with Crippen LogP contribution in [-0.2, 0) is 32.6 Å². The van der Waals surface area contributed by atoms with Gasteiger partial charge < -0.3 is 28.0 Å². The Morgan fingerprint density at radius 2 is 1.25 bits per heavy atom. The lowest BCUT2D eigenvalue weighted by Crippen LogP contribution is -2.46. The average molecular weight is 839 g/mol. The van der Waals surface area contributed by atoms with Crippen molar-refractivity contribution in [3.05, 3.63) is 137 Å². The van der Waals surface area contributed by atoms with Gasteiger partial charge in [0.2, 0.25) is 6.61 Å². The maximum absolute atomic E-state index is 13.3. The molecule has 1 unspecified atom stereocenters. The van der Waals surface area contributed by atoms with Gasteiger partial charge in [0.05, 0.1) is 17.0 Å². The van der Waals surface area contributed by atoms with Crippen LogP contribution in [0.2, 0.25) is 0 Å². The molecule has 0 bridgehead atoms. The van der Waals surface area contributed by atoms with Crippen LogP contribution in [0.1, 0.15) is 77.9 Å². The van der Waals surface area contributed by atoms with Gasteiger partial charge in [0.1, 0.15) is 62.1 Å². The highest BCUT2D eigenvalue weighted by Crippen LogP contribution is 2.49. The number of rotatable bonds is 17. The van der Waals surface area contributed by atoms with E-state index in [0.29, 0.717) is 30.8 Å². The normalized spacial score (nSPS) is 22.3. The molecule has 4 aromatic rings. The largest absolute Gasteiger partial charge is 0.607 e. The first kappa shape index (κ1) is 43.5. The minimum atomic E-state index is -2.29. The molecule has 0 amide bonds. The molecule has 2 N–H and O–H groups in total. The number of hydrogen-bond acceptors (Lipinski definition) is 13. The highest BCUT2D eigenvalue weighted by molar-refractivity contribution is 7.41. The van der Waals surface area contributed by atoms with E-state index >= 15 is 0 Å². The van der Waals surface area contributed by atoms with E-state index in [9.17, 15) is 28.8 Å². The van der Waals surface area contributed by atoms with Crippen LogP contribution in [0, 0.1) is 13.8 Å². The topological polar surface area (TPSA) is 211 Å². The average Bonchev–Trinajstić information content (AvgIpc) is 3.84. The number of quaternary nitrogens is 1. The summed E-state index contributed by atoms with van der Waals surface area (Å²) < 4.78 is 46.5.